The number of nitrogens with one attached hydrogen (secondary N) is 3. The summed E-state index contributed by atoms with van der Waals surface area (Å²) in [6.07, 6.45) is 12.2. The Hall–Kier alpha value is -1.26. The van der Waals surface area contributed by atoms with Crippen molar-refractivity contribution < 1.29 is 24.5 Å². The lowest BCUT2D eigenvalue weighted by Gasteiger charge is -2.39. The van der Waals surface area contributed by atoms with Crippen molar-refractivity contribution in [2.24, 2.45) is 5.92 Å². The number of carbonyl (C=O) groups is 2. The number of nitrogens with zero attached hydrogens (tertiary/aromatic N) is 2. The van der Waals surface area contributed by atoms with Crippen LogP contribution in [-0.4, -0.2) is 111 Å². The number of hydrogen-bond donors (Lipinski definition) is 4. The van der Waals surface area contributed by atoms with Gasteiger partial charge in [-0.25, -0.2) is 0 Å². The van der Waals surface area contributed by atoms with Crippen LogP contribution < -0.4 is 20.9 Å². The van der Waals surface area contributed by atoms with Crippen molar-refractivity contribution in [1.82, 2.24) is 20.4 Å². The molecular weight excluding hydrogens is 456 g/mol. The first-order valence-corrected chi connectivity index (χ1v) is 14.9. The molecule has 0 bridgehead atoms. The van der Waals surface area contributed by atoms with Crippen LogP contribution >= 0.6 is 0 Å². The van der Waals surface area contributed by atoms with Crippen LogP contribution in [0.25, 0.3) is 0 Å². The van der Waals surface area contributed by atoms with Crippen molar-refractivity contribution >= 4 is 11.8 Å². The van der Waals surface area contributed by atoms with Gasteiger partial charge in [-0.1, -0.05) is 0 Å². The number of amides is 2. The number of carbonyl (C=O) groups excluding carboxylic acids is 2. The fraction of sp³-hybridized carbons (Fsp3) is 0.926. The molecular formula is C27H50N6O3+2. The lowest BCUT2D eigenvalue weighted by molar-refractivity contribution is -0.930. The summed E-state index contributed by atoms with van der Waals surface area (Å²) < 4.78 is 5.51. The zero-order chi connectivity index (χ0) is 24.9. The van der Waals surface area contributed by atoms with Crippen LogP contribution in [0.2, 0.25) is 0 Å². The lowest BCUT2D eigenvalue weighted by Crippen LogP contribution is -3.21. The van der Waals surface area contributed by atoms with Crippen LogP contribution in [0, 0.1) is 5.92 Å². The fourth-order valence-corrected chi connectivity index (χ4v) is 7.52. The Morgan fingerprint density at radius 2 is 1.94 bits per heavy atom. The van der Waals surface area contributed by atoms with Gasteiger partial charge in [0.15, 0.2) is 6.04 Å². The summed E-state index contributed by atoms with van der Waals surface area (Å²) in [6.45, 7) is 7.74. The van der Waals surface area contributed by atoms with Crippen molar-refractivity contribution in [2.45, 2.75) is 94.6 Å². The van der Waals surface area contributed by atoms with Crippen LogP contribution in [0.3, 0.4) is 0 Å². The number of fused-ring (bicyclic) bond motifs is 1. The van der Waals surface area contributed by atoms with E-state index < -0.39 is 0 Å². The van der Waals surface area contributed by atoms with Gasteiger partial charge in [0.25, 0.3) is 5.91 Å². The maximum atomic E-state index is 13.0. The average Bonchev–Trinajstić information content (AvgIpc) is 3.38. The first-order chi connectivity index (χ1) is 17.6. The predicted octanol–water partition coefficient (Wildman–Crippen LogP) is -1.70. The summed E-state index contributed by atoms with van der Waals surface area (Å²) in [6, 6.07) is 0.784. The highest BCUT2D eigenvalue weighted by Crippen LogP contribution is 2.25. The molecule has 5 rings (SSSR count). The van der Waals surface area contributed by atoms with Crippen LogP contribution in [0.4, 0.5) is 0 Å². The summed E-state index contributed by atoms with van der Waals surface area (Å²) in [4.78, 5) is 31.8. The molecule has 0 aromatic rings. The molecule has 5 atom stereocenters. The molecule has 1 saturated carbocycles. The molecule has 4 aliphatic heterocycles. The lowest BCUT2D eigenvalue weighted by atomic mass is 9.87. The molecule has 0 aromatic carbocycles. The summed E-state index contributed by atoms with van der Waals surface area (Å²) in [5, 5.41) is 9.44. The number of hydrogen-bond acceptors (Lipinski definition) is 5. The quantitative estimate of drug-likeness (QED) is 0.315. The van der Waals surface area contributed by atoms with Crippen molar-refractivity contribution in [1.29, 1.82) is 0 Å². The molecule has 2 unspecified atom stereocenters. The molecule has 204 valence electrons. The smallest absolute Gasteiger partial charge is 0.278 e. The van der Waals surface area contributed by atoms with E-state index in [4.69, 9.17) is 4.74 Å². The summed E-state index contributed by atoms with van der Waals surface area (Å²) in [7, 11) is 1.83. The molecule has 1 aliphatic carbocycles. The minimum absolute atomic E-state index is 0.0378. The Bertz CT molecular complexity index is 731. The number of quaternary nitrogens is 2. The monoisotopic (exact) mass is 506 g/mol. The maximum absolute atomic E-state index is 13.0. The maximum Gasteiger partial charge on any atom is 0.278 e. The molecule has 4 heterocycles. The predicted molar refractivity (Wildman–Crippen MR) is 137 cm³/mol. The number of ether oxygens (including phenoxy) is 1. The molecule has 4 saturated heterocycles. The highest BCUT2D eigenvalue weighted by molar-refractivity contribution is 5.81. The van der Waals surface area contributed by atoms with E-state index in [1.807, 2.05) is 7.11 Å². The van der Waals surface area contributed by atoms with E-state index in [1.165, 1.54) is 56.4 Å². The third-order valence-electron chi connectivity index (χ3n) is 9.87. The molecule has 5 fully saturated rings. The van der Waals surface area contributed by atoms with Gasteiger partial charge >= 0.3 is 0 Å². The van der Waals surface area contributed by atoms with Gasteiger partial charge in [-0.05, 0) is 51.0 Å². The molecule has 5 N–H and O–H groups in total. The van der Waals surface area contributed by atoms with Crippen molar-refractivity contribution in [3.05, 3.63) is 0 Å². The molecule has 9 heteroatoms. The fourth-order valence-electron chi connectivity index (χ4n) is 7.52. The van der Waals surface area contributed by atoms with E-state index in [9.17, 15) is 9.59 Å². The Morgan fingerprint density at radius 3 is 2.67 bits per heavy atom. The summed E-state index contributed by atoms with van der Waals surface area (Å²) >= 11 is 0. The van der Waals surface area contributed by atoms with Gasteiger partial charge < -0.3 is 30.5 Å². The molecule has 9 nitrogen and oxygen atoms in total. The zero-order valence-corrected chi connectivity index (χ0v) is 22.4. The van der Waals surface area contributed by atoms with Crippen LogP contribution in [-0.2, 0) is 14.3 Å². The van der Waals surface area contributed by atoms with Crippen LogP contribution in [0.15, 0.2) is 0 Å². The second-order valence-electron chi connectivity index (χ2n) is 12.0. The van der Waals surface area contributed by atoms with Crippen molar-refractivity contribution in [3.8, 4) is 0 Å². The normalized spacial score (nSPS) is 38.0. The van der Waals surface area contributed by atoms with Gasteiger partial charge in [0.05, 0.1) is 31.8 Å². The van der Waals surface area contributed by atoms with Gasteiger partial charge in [-0.3, -0.25) is 14.5 Å². The molecule has 36 heavy (non-hydrogen) atoms. The highest BCUT2D eigenvalue weighted by atomic mass is 16.5. The van der Waals surface area contributed by atoms with E-state index >= 15 is 0 Å². The van der Waals surface area contributed by atoms with Crippen LogP contribution in [0.5, 0.6) is 0 Å². The Kier molecular flexibility index (Phi) is 9.17. The topological polar surface area (TPSA) is 95.0 Å². The van der Waals surface area contributed by atoms with Gasteiger partial charge in [0, 0.05) is 59.0 Å². The summed E-state index contributed by atoms with van der Waals surface area (Å²) in [5.41, 5.74) is 0. The summed E-state index contributed by atoms with van der Waals surface area (Å²) in [5.74, 6) is 1.23. The number of methoxy groups -OCH3 is 1. The van der Waals surface area contributed by atoms with E-state index in [1.54, 1.807) is 0 Å². The molecule has 0 radical (unpaired) electrons. The van der Waals surface area contributed by atoms with E-state index in [0.29, 0.717) is 43.2 Å². The number of piperazine rings is 2. The SMILES string of the molecule is COC1CCC(CN[C@@H]2C[C@@H]3C(=O)NC[C@@H](CCC(=O)N4CCN(C5CCCC[NH2+]5)CC4)[NH+]3C2)CC1. The third-order valence-corrected chi connectivity index (χ3v) is 9.87. The van der Waals surface area contributed by atoms with Gasteiger partial charge in [-0.2, -0.15) is 0 Å². The second-order valence-corrected chi connectivity index (χ2v) is 12.0. The first-order valence-electron chi connectivity index (χ1n) is 14.9. The molecule has 0 spiro atoms. The van der Waals surface area contributed by atoms with Crippen LogP contribution in [0.1, 0.15) is 64.2 Å². The number of piperidine rings is 1. The van der Waals surface area contributed by atoms with Crippen molar-refractivity contribution in [2.75, 3.05) is 59.5 Å². The van der Waals surface area contributed by atoms with E-state index in [0.717, 1.165) is 58.0 Å². The second kappa shape index (κ2) is 12.5. The Balaban J connectivity index is 1.04. The molecule has 5 aliphatic rings. The van der Waals surface area contributed by atoms with Gasteiger partial charge in [0.1, 0.15) is 12.2 Å². The molecule has 0 aromatic heterocycles. The largest absolute Gasteiger partial charge is 0.381 e. The van der Waals surface area contributed by atoms with E-state index in [-0.39, 0.29) is 11.9 Å². The third kappa shape index (κ3) is 6.41. The number of rotatable bonds is 8. The van der Waals surface area contributed by atoms with Gasteiger partial charge in [0.2, 0.25) is 5.91 Å². The minimum Gasteiger partial charge on any atom is -0.381 e. The standard InChI is InChI=1S/C27H48N6O3/c1-36-23-8-5-20(6-9-23)17-29-21-16-24-27(35)30-18-22(33(24)19-21)7-10-26(34)32-14-12-31(13-15-32)25-4-2-3-11-28-25/h20-25,28-29H,2-19H2,1H3,(H,30,35)/p+2/t20?,21-,22-,23?,24-,25?/m1/s1. The van der Waals surface area contributed by atoms with Crippen molar-refractivity contribution in [3.63, 3.8) is 0 Å². The Morgan fingerprint density at radius 1 is 1.14 bits per heavy atom. The number of nitrogens with two attached hydrogens (primary N) is 1. The average molecular weight is 507 g/mol. The minimum atomic E-state index is 0.0378. The van der Waals surface area contributed by atoms with E-state index in [2.05, 4.69) is 25.8 Å². The van der Waals surface area contributed by atoms with Gasteiger partial charge in [-0.15, -0.1) is 0 Å². The first kappa shape index (κ1) is 26.4. The Labute approximate surface area is 217 Å². The highest BCUT2D eigenvalue weighted by Gasteiger charge is 2.47. The molecule has 2 amide bonds. The zero-order valence-electron chi connectivity index (χ0n) is 22.4.